The van der Waals surface area contributed by atoms with Crippen LogP contribution in [0.3, 0.4) is 0 Å². The first-order valence-electron chi connectivity index (χ1n) is 7.14. The van der Waals surface area contributed by atoms with Crippen molar-refractivity contribution in [2.75, 3.05) is 18.0 Å². The molecule has 1 aromatic rings. The molecular weight excluding hydrogens is 252 g/mol. The quantitative estimate of drug-likeness (QED) is 0.895. The predicted octanol–water partition coefficient (Wildman–Crippen LogP) is 1.83. The molecule has 2 rings (SSSR count). The molecule has 1 fully saturated rings. The van der Waals surface area contributed by atoms with Crippen LogP contribution in [0.15, 0.2) is 6.07 Å². The Hall–Kier alpha value is -1.65. The number of carbonyl (C=O) groups is 1. The molecule has 0 saturated carbocycles. The van der Waals surface area contributed by atoms with Gasteiger partial charge in [-0.2, -0.15) is 0 Å². The maximum atomic E-state index is 12.2. The van der Waals surface area contributed by atoms with Crippen LogP contribution < -0.4 is 10.2 Å². The van der Waals surface area contributed by atoms with E-state index in [2.05, 4.69) is 20.2 Å². The summed E-state index contributed by atoms with van der Waals surface area (Å²) in [6.07, 6.45) is 0.859. The van der Waals surface area contributed by atoms with Gasteiger partial charge >= 0.3 is 0 Å². The number of hydrogen-bond donors (Lipinski definition) is 1. The molecule has 110 valence electrons. The van der Waals surface area contributed by atoms with E-state index in [0.717, 1.165) is 30.3 Å². The van der Waals surface area contributed by atoms with E-state index in [9.17, 15) is 4.79 Å². The van der Waals surface area contributed by atoms with Crippen molar-refractivity contribution in [3.8, 4) is 0 Å². The molecule has 2 heterocycles. The van der Waals surface area contributed by atoms with Gasteiger partial charge in [0.1, 0.15) is 0 Å². The molecule has 1 amide bonds. The van der Waals surface area contributed by atoms with E-state index < -0.39 is 0 Å². The number of amides is 1. The van der Waals surface area contributed by atoms with Gasteiger partial charge in [0, 0.05) is 30.0 Å². The molecule has 1 aliphatic heterocycles. The van der Waals surface area contributed by atoms with E-state index in [0.29, 0.717) is 6.54 Å². The van der Waals surface area contributed by atoms with Crippen molar-refractivity contribution in [1.82, 2.24) is 15.3 Å². The van der Waals surface area contributed by atoms with Crippen molar-refractivity contribution in [1.29, 1.82) is 0 Å². The number of hydrogen-bond acceptors (Lipinski definition) is 4. The first-order chi connectivity index (χ1) is 9.24. The number of rotatable bonds is 2. The molecular formula is C15H24N4O. The van der Waals surface area contributed by atoms with E-state index in [4.69, 9.17) is 0 Å². The summed E-state index contributed by atoms with van der Waals surface area (Å²) < 4.78 is 0. The average Bonchev–Trinajstić information content (AvgIpc) is 2.74. The van der Waals surface area contributed by atoms with E-state index in [1.165, 1.54) is 0 Å². The predicted molar refractivity (Wildman–Crippen MR) is 79.7 cm³/mol. The summed E-state index contributed by atoms with van der Waals surface area (Å²) in [5.41, 5.74) is 1.76. The lowest BCUT2D eigenvalue weighted by Gasteiger charge is -2.23. The third-order valence-corrected chi connectivity index (χ3v) is 3.31. The highest BCUT2D eigenvalue weighted by atomic mass is 16.2. The van der Waals surface area contributed by atoms with E-state index in [1.807, 2.05) is 40.7 Å². The van der Waals surface area contributed by atoms with Crippen molar-refractivity contribution >= 4 is 11.9 Å². The van der Waals surface area contributed by atoms with E-state index in [-0.39, 0.29) is 17.4 Å². The summed E-state index contributed by atoms with van der Waals surface area (Å²) in [4.78, 5) is 23.2. The van der Waals surface area contributed by atoms with Crippen molar-refractivity contribution < 1.29 is 4.79 Å². The Bertz CT molecular complexity index is 487. The zero-order valence-corrected chi connectivity index (χ0v) is 13.0. The summed E-state index contributed by atoms with van der Waals surface area (Å²) in [5.74, 6) is 0.900. The lowest BCUT2D eigenvalue weighted by molar-refractivity contribution is -0.125. The smallest absolute Gasteiger partial charge is 0.225 e. The molecule has 0 aromatic carbocycles. The molecule has 0 radical (unpaired) electrons. The summed E-state index contributed by atoms with van der Waals surface area (Å²) in [7, 11) is 0. The molecule has 0 spiro atoms. The Balaban J connectivity index is 2.03. The number of aryl methyl sites for hydroxylation is 2. The van der Waals surface area contributed by atoms with Crippen LogP contribution in [0, 0.1) is 19.8 Å². The highest BCUT2D eigenvalue weighted by Gasteiger charge is 2.31. The molecule has 0 aliphatic carbocycles. The largest absolute Gasteiger partial charge is 0.351 e. The molecule has 1 atom stereocenters. The fourth-order valence-corrected chi connectivity index (χ4v) is 2.48. The van der Waals surface area contributed by atoms with Gasteiger partial charge in [-0.25, -0.2) is 9.97 Å². The molecule has 1 N–H and O–H groups in total. The second-order valence-electron chi connectivity index (χ2n) is 6.62. The van der Waals surface area contributed by atoms with Gasteiger partial charge in [0.05, 0.1) is 5.92 Å². The number of aromatic nitrogens is 2. The molecule has 5 heteroatoms. The van der Waals surface area contributed by atoms with Gasteiger partial charge in [-0.05, 0) is 47.1 Å². The Morgan fingerprint density at radius 3 is 2.45 bits per heavy atom. The van der Waals surface area contributed by atoms with Crippen LogP contribution in [-0.4, -0.2) is 34.5 Å². The second kappa shape index (κ2) is 5.38. The molecule has 1 aliphatic rings. The van der Waals surface area contributed by atoms with Crippen LogP contribution in [0.1, 0.15) is 38.6 Å². The first kappa shape index (κ1) is 14.8. The summed E-state index contributed by atoms with van der Waals surface area (Å²) in [6, 6.07) is 1.96. The zero-order chi connectivity index (χ0) is 14.9. The van der Waals surface area contributed by atoms with Crippen LogP contribution in [-0.2, 0) is 4.79 Å². The van der Waals surface area contributed by atoms with Crippen LogP contribution in [0.4, 0.5) is 5.95 Å². The molecule has 5 nitrogen and oxygen atoms in total. The second-order valence-corrected chi connectivity index (χ2v) is 6.62. The Morgan fingerprint density at radius 1 is 1.30 bits per heavy atom. The maximum absolute atomic E-state index is 12.2. The summed E-state index contributed by atoms with van der Waals surface area (Å²) in [6.45, 7) is 11.5. The monoisotopic (exact) mass is 276 g/mol. The number of nitrogens with zero attached hydrogens (tertiary/aromatic N) is 3. The first-order valence-corrected chi connectivity index (χ1v) is 7.14. The Labute approximate surface area is 120 Å². The average molecular weight is 276 g/mol. The third-order valence-electron chi connectivity index (χ3n) is 3.31. The fourth-order valence-electron chi connectivity index (χ4n) is 2.48. The molecule has 1 aromatic heterocycles. The molecule has 1 unspecified atom stereocenters. The van der Waals surface area contributed by atoms with Gasteiger partial charge < -0.3 is 10.2 Å². The maximum Gasteiger partial charge on any atom is 0.225 e. The van der Waals surface area contributed by atoms with Crippen LogP contribution in [0.5, 0.6) is 0 Å². The van der Waals surface area contributed by atoms with Crippen molar-refractivity contribution in [2.45, 2.75) is 46.6 Å². The standard InChI is InChI=1S/C15H24N4O/c1-10-8-11(2)17-14(16-10)19-7-6-12(9-19)13(20)18-15(3,4)5/h8,12H,6-7,9H2,1-5H3,(H,18,20). The van der Waals surface area contributed by atoms with Crippen molar-refractivity contribution in [3.05, 3.63) is 17.5 Å². The minimum absolute atomic E-state index is 0.0265. The van der Waals surface area contributed by atoms with Gasteiger partial charge in [-0.15, -0.1) is 0 Å². The highest BCUT2D eigenvalue weighted by Crippen LogP contribution is 2.22. The Kier molecular flexibility index (Phi) is 3.97. The minimum atomic E-state index is -0.180. The van der Waals surface area contributed by atoms with E-state index >= 15 is 0 Å². The number of anilines is 1. The number of carbonyl (C=O) groups excluding carboxylic acids is 1. The highest BCUT2D eigenvalue weighted by molar-refractivity contribution is 5.80. The third kappa shape index (κ3) is 3.68. The lowest BCUT2D eigenvalue weighted by atomic mass is 10.0. The van der Waals surface area contributed by atoms with Crippen LogP contribution in [0.2, 0.25) is 0 Å². The summed E-state index contributed by atoms with van der Waals surface area (Å²) in [5, 5.41) is 3.05. The van der Waals surface area contributed by atoms with Crippen LogP contribution >= 0.6 is 0 Å². The Morgan fingerprint density at radius 2 is 1.90 bits per heavy atom. The van der Waals surface area contributed by atoms with Gasteiger partial charge in [-0.3, -0.25) is 4.79 Å². The number of nitrogens with one attached hydrogen (secondary N) is 1. The van der Waals surface area contributed by atoms with Crippen molar-refractivity contribution in [3.63, 3.8) is 0 Å². The van der Waals surface area contributed by atoms with Crippen LogP contribution in [0.25, 0.3) is 0 Å². The topological polar surface area (TPSA) is 58.1 Å². The zero-order valence-electron chi connectivity index (χ0n) is 13.0. The van der Waals surface area contributed by atoms with E-state index in [1.54, 1.807) is 0 Å². The fraction of sp³-hybridized carbons (Fsp3) is 0.667. The lowest BCUT2D eigenvalue weighted by Crippen LogP contribution is -2.44. The molecule has 0 bridgehead atoms. The normalized spacial score (nSPS) is 19.2. The van der Waals surface area contributed by atoms with Gasteiger partial charge in [-0.1, -0.05) is 0 Å². The SMILES string of the molecule is Cc1cc(C)nc(N2CCC(C(=O)NC(C)(C)C)C2)n1. The molecule has 1 saturated heterocycles. The van der Waals surface area contributed by atoms with Crippen molar-refractivity contribution in [2.24, 2.45) is 5.92 Å². The van der Waals surface area contributed by atoms with Gasteiger partial charge in [0.15, 0.2) is 0 Å². The molecule has 20 heavy (non-hydrogen) atoms. The minimum Gasteiger partial charge on any atom is -0.351 e. The summed E-state index contributed by atoms with van der Waals surface area (Å²) >= 11 is 0. The van der Waals surface area contributed by atoms with Gasteiger partial charge in [0.2, 0.25) is 11.9 Å². The van der Waals surface area contributed by atoms with Gasteiger partial charge in [0.25, 0.3) is 0 Å².